The van der Waals surface area contributed by atoms with Crippen molar-refractivity contribution in [2.75, 3.05) is 32.7 Å². The van der Waals surface area contributed by atoms with E-state index in [1.807, 2.05) is 17.9 Å². The molecule has 26 heavy (non-hydrogen) atoms. The minimum atomic E-state index is -0.0623. The molecule has 1 atom stereocenters. The second kappa shape index (κ2) is 7.03. The van der Waals surface area contributed by atoms with Crippen molar-refractivity contribution >= 4 is 11.8 Å². The molecule has 5 heteroatoms. The van der Waals surface area contributed by atoms with Crippen molar-refractivity contribution in [1.29, 1.82) is 0 Å². The summed E-state index contributed by atoms with van der Waals surface area (Å²) < 4.78 is 0. The first-order valence-electron chi connectivity index (χ1n) is 9.91. The third-order valence-electron chi connectivity index (χ3n) is 6.21. The maximum Gasteiger partial charge on any atom is 0.225 e. The molecule has 1 aromatic carbocycles. The molecule has 1 saturated carbocycles. The summed E-state index contributed by atoms with van der Waals surface area (Å²) in [6.07, 6.45) is 3.03. The first-order valence-corrected chi connectivity index (χ1v) is 9.91. The van der Waals surface area contributed by atoms with Gasteiger partial charge in [-0.1, -0.05) is 37.3 Å². The molecule has 1 unspecified atom stereocenters. The molecule has 4 rings (SSSR count). The molecule has 1 aliphatic carbocycles. The van der Waals surface area contributed by atoms with Crippen LogP contribution in [0.3, 0.4) is 0 Å². The van der Waals surface area contributed by atoms with Crippen LogP contribution in [0, 0.1) is 17.3 Å². The quantitative estimate of drug-likeness (QED) is 0.848. The Labute approximate surface area is 155 Å². The van der Waals surface area contributed by atoms with Crippen LogP contribution in [0.4, 0.5) is 0 Å². The zero-order chi connectivity index (χ0) is 18.1. The van der Waals surface area contributed by atoms with E-state index in [-0.39, 0.29) is 23.1 Å². The summed E-state index contributed by atoms with van der Waals surface area (Å²) in [5.41, 5.74) is 1.22. The van der Waals surface area contributed by atoms with E-state index >= 15 is 0 Å². The van der Waals surface area contributed by atoms with E-state index < -0.39 is 0 Å². The molecule has 0 bridgehead atoms. The zero-order valence-corrected chi connectivity index (χ0v) is 15.6. The Morgan fingerprint density at radius 1 is 1.15 bits per heavy atom. The third-order valence-corrected chi connectivity index (χ3v) is 6.21. The number of nitrogens with one attached hydrogen (secondary N) is 1. The van der Waals surface area contributed by atoms with E-state index in [0.717, 1.165) is 39.3 Å². The Balaban J connectivity index is 1.44. The topological polar surface area (TPSA) is 52.7 Å². The second-order valence-corrected chi connectivity index (χ2v) is 8.36. The predicted octanol–water partition coefficient (Wildman–Crippen LogP) is 1.88. The van der Waals surface area contributed by atoms with Crippen molar-refractivity contribution in [2.24, 2.45) is 17.3 Å². The lowest BCUT2D eigenvalue weighted by atomic mass is 9.71. The van der Waals surface area contributed by atoms with Gasteiger partial charge in [0, 0.05) is 51.1 Å². The number of hydrogen-bond donors (Lipinski definition) is 1. The molecule has 3 fully saturated rings. The van der Waals surface area contributed by atoms with Gasteiger partial charge in [-0.15, -0.1) is 0 Å². The molecule has 0 radical (unpaired) electrons. The van der Waals surface area contributed by atoms with Gasteiger partial charge < -0.3 is 10.2 Å². The van der Waals surface area contributed by atoms with E-state index in [9.17, 15) is 9.59 Å². The zero-order valence-electron chi connectivity index (χ0n) is 15.6. The van der Waals surface area contributed by atoms with Crippen LogP contribution in [-0.2, 0) is 16.1 Å². The van der Waals surface area contributed by atoms with Crippen molar-refractivity contribution in [1.82, 2.24) is 15.1 Å². The highest BCUT2D eigenvalue weighted by Gasteiger charge is 2.57. The summed E-state index contributed by atoms with van der Waals surface area (Å²) in [4.78, 5) is 29.2. The number of benzene rings is 1. The van der Waals surface area contributed by atoms with Crippen molar-refractivity contribution in [3.63, 3.8) is 0 Å². The lowest BCUT2D eigenvalue weighted by molar-refractivity contribution is -0.149. The number of carbonyl (C=O) groups is 2. The fraction of sp³-hybridized carbons (Fsp3) is 0.619. The van der Waals surface area contributed by atoms with E-state index in [4.69, 9.17) is 0 Å². The molecular formula is C21H29N3O2. The monoisotopic (exact) mass is 355 g/mol. The number of nitrogens with zero attached hydrogens (tertiary/aromatic N) is 2. The van der Waals surface area contributed by atoms with Gasteiger partial charge in [-0.3, -0.25) is 14.5 Å². The standard InChI is InChI=1S/C21H29N3O2/c1-2-19(25)24-14-21(15-24)13-23(11-17-6-4-3-5-7-17)12-18(21)20(26)22-10-16-8-9-16/h3-7,16,18H,2,8-15H2,1H3,(H,22,26). The van der Waals surface area contributed by atoms with Gasteiger partial charge in [-0.05, 0) is 24.3 Å². The summed E-state index contributed by atoms with van der Waals surface area (Å²) in [6, 6.07) is 10.4. The second-order valence-electron chi connectivity index (χ2n) is 8.36. The minimum absolute atomic E-state index is 0.00846. The van der Waals surface area contributed by atoms with Gasteiger partial charge in [0.2, 0.25) is 11.8 Å². The Bertz CT molecular complexity index is 665. The van der Waals surface area contributed by atoms with Crippen LogP contribution in [-0.4, -0.2) is 54.3 Å². The van der Waals surface area contributed by atoms with E-state index in [1.165, 1.54) is 18.4 Å². The number of rotatable bonds is 6. The first kappa shape index (κ1) is 17.5. The van der Waals surface area contributed by atoms with Gasteiger partial charge >= 0.3 is 0 Å². The maximum absolute atomic E-state index is 12.9. The Hall–Kier alpha value is -1.88. The molecule has 0 aromatic heterocycles. The van der Waals surface area contributed by atoms with Crippen LogP contribution in [0.15, 0.2) is 30.3 Å². The summed E-state index contributed by atoms with van der Waals surface area (Å²) in [5.74, 6) is 1.08. The van der Waals surface area contributed by atoms with Crippen molar-refractivity contribution < 1.29 is 9.59 Å². The molecule has 1 spiro atoms. The third kappa shape index (κ3) is 3.50. The summed E-state index contributed by atoms with van der Waals surface area (Å²) in [6.45, 7) is 6.75. The van der Waals surface area contributed by atoms with Crippen LogP contribution < -0.4 is 5.32 Å². The predicted molar refractivity (Wildman–Crippen MR) is 100 cm³/mol. The highest BCUT2D eigenvalue weighted by molar-refractivity contribution is 5.82. The highest BCUT2D eigenvalue weighted by Crippen LogP contribution is 2.45. The van der Waals surface area contributed by atoms with Gasteiger partial charge in [0.1, 0.15) is 0 Å². The number of hydrogen-bond acceptors (Lipinski definition) is 3. The molecule has 1 aromatic rings. The molecule has 5 nitrogen and oxygen atoms in total. The first-order chi connectivity index (χ1) is 12.6. The molecule has 2 heterocycles. The molecule has 2 aliphatic heterocycles. The molecule has 1 N–H and O–H groups in total. The lowest BCUT2D eigenvalue weighted by Crippen LogP contribution is -2.64. The number of amides is 2. The normalized spacial score (nSPS) is 24.5. The number of likely N-dealkylation sites (tertiary alicyclic amines) is 2. The van der Waals surface area contributed by atoms with E-state index in [0.29, 0.717) is 12.3 Å². The fourth-order valence-corrected chi connectivity index (χ4v) is 4.52. The van der Waals surface area contributed by atoms with Gasteiger partial charge in [-0.2, -0.15) is 0 Å². The lowest BCUT2D eigenvalue weighted by Gasteiger charge is -2.50. The van der Waals surface area contributed by atoms with Crippen LogP contribution in [0.2, 0.25) is 0 Å². The largest absolute Gasteiger partial charge is 0.356 e. The van der Waals surface area contributed by atoms with Gasteiger partial charge in [0.15, 0.2) is 0 Å². The molecule has 3 aliphatic rings. The number of carbonyl (C=O) groups excluding carboxylic acids is 2. The van der Waals surface area contributed by atoms with E-state index in [1.54, 1.807) is 0 Å². The van der Waals surface area contributed by atoms with Crippen LogP contribution in [0.25, 0.3) is 0 Å². The summed E-state index contributed by atoms with van der Waals surface area (Å²) in [7, 11) is 0. The summed E-state index contributed by atoms with van der Waals surface area (Å²) in [5, 5.41) is 3.18. The summed E-state index contributed by atoms with van der Waals surface area (Å²) >= 11 is 0. The maximum atomic E-state index is 12.9. The Kier molecular flexibility index (Phi) is 4.74. The Morgan fingerprint density at radius 3 is 2.54 bits per heavy atom. The Morgan fingerprint density at radius 2 is 1.88 bits per heavy atom. The van der Waals surface area contributed by atoms with Gasteiger partial charge in [-0.25, -0.2) is 0 Å². The van der Waals surface area contributed by atoms with Crippen LogP contribution in [0.1, 0.15) is 31.7 Å². The van der Waals surface area contributed by atoms with Gasteiger partial charge in [0.25, 0.3) is 0 Å². The molecule has 2 amide bonds. The van der Waals surface area contributed by atoms with Crippen LogP contribution in [0.5, 0.6) is 0 Å². The van der Waals surface area contributed by atoms with Gasteiger partial charge in [0.05, 0.1) is 5.92 Å². The fourth-order valence-electron chi connectivity index (χ4n) is 4.52. The van der Waals surface area contributed by atoms with E-state index in [2.05, 4.69) is 34.5 Å². The average Bonchev–Trinajstić information content (AvgIpc) is 3.38. The highest BCUT2D eigenvalue weighted by atomic mass is 16.2. The van der Waals surface area contributed by atoms with Crippen LogP contribution >= 0.6 is 0 Å². The SMILES string of the molecule is CCC(=O)N1CC2(CN(Cc3ccccc3)CC2C(=O)NCC2CC2)C1. The smallest absolute Gasteiger partial charge is 0.225 e. The van der Waals surface area contributed by atoms with Crippen molar-refractivity contribution in [3.8, 4) is 0 Å². The average molecular weight is 355 g/mol. The molecular weight excluding hydrogens is 326 g/mol. The minimum Gasteiger partial charge on any atom is -0.356 e. The van der Waals surface area contributed by atoms with Crippen molar-refractivity contribution in [2.45, 2.75) is 32.7 Å². The van der Waals surface area contributed by atoms with Crippen molar-refractivity contribution in [3.05, 3.63) is 35.9 Å². The molecule has 2 saturated heterocycles. The molecule has 140 valence electrons.